The van der Waals surface area contributed by atoms with Gasteiger partial charge >= 0.3 is 0 Å². The maximum Gasteiger partial charge on any atom is 0.224 e. The SMILES string of the molecule is Cc1noc(C)c1CC(=O)NCc1ccccc1CN1C[C@@H](C)O[C@@H](C)C1. The molecule has 146 valence electrons. The summed E-state index contributed by atoms with van der Waals surface area (Å²) < 4.78 is 11.0. The molecule has 1 aromatic carbocycles. The second-order valence-corrected chi connectivity index (χ2v) is 7.48. The van der Waals surface area contributed by atoms with Crippen molar-refractivity contribution in [3.8, 4) is 0 Å². The van der Waals surface area contributed by atoms with Gasteiger partial charge in [0.2, 0.25) is 5.91 Å². The number of rotatable bonds is 6. The minimum atomic E-state index is -0.0205. The van der Waals surface area contributed by atoms with Crippen molar-refractivity contribution in [3.05, 3.63) is 52.4 Å². The number of nitrogens with one attached hydrogen (secondary N) is 1. The van der Waals surface area contributed by atoms with Crippen molar-refractivity contribution >= 4 is 5.91 Å². The zero-order valence-electron chi connectivity index (χ0n) is 16.6. The van der Waals surface area contributed by atoms with Crippen LogP contribution in [0.5, 0.6) is 0 Å². The van der Waals surface area contributed by atoms with E-state index in [2.05, 4.69) is 47.4 Å². The van der Waals surface area contributed by atoms with E-state index in [1.54, 1.807) is 0 Å². The Balaban J connectivity index is 1.60. The van der Waals surface area contributed by atoms with E-state index in [1.807, 2.05) is 19.9 Å². The smallest absolute Gasteiger partial charge is 0.224 e. The van der Waals surface area contributed by atoms with Crippen molar-refractivity contribution in [2.45, 2.75) is 59.4 Å². The third-order valence-electron chi connectivity index (χ3n) is 5.00. The third-order valence-corrected chi connectivity index (χ3v) is 5.00. The lowest BCUT2D eigenvalue weighted by Gasteiger charge is -2.35. The van der Waals surface area contributed by atoms with Gasteiger partial charge in [0, 0.05) is 31.7 Å². The quantitative estimate of drug-likeness (QED) is 0.846. The highest BCUT2D eigenvalue weighted by Gasteiger charge is 2.22. The fourth-order valence-corrected chi connectivity index (χ4v) is 3.71. The molecular weight excluding hydrogens is 342 g/mol. The number of aryl methyl sites for hydroxylation is 2. The molecule has 1 N–H and O–H groups in total. The molecule has 0 radical (unpaired) electrons. The molecule has 0 saturated carbocycles. The maximum atomic E-state index is 12.4. The summed E-state index contributed by atoms with van der Waals surface area (Å²) in [5.74, 6) is 0.687. The Morgan fingerprint density at radius 2 is 1.85 bits per heavy atom. The van der Waals surface area contributed by atoms with E-state index in [4.69, 9.17) is 9.26 Å². The second kappa shape index (κ2) is 8.67. The summed E-state index contributed by atoms with van der Waals surface area (Å²) in [6.45, 7) is 11.2. The lowest BCUT2D eigenvalue weighted by Crippen LogP contribution is -2.45. The standard InChI is InChI=1S/C21H29N3O3/c1-14-11-24(12-15(2)26-14)13-19-8-6-5-7-18(19)10-22-21(25)9-20-16(3)23-27-17(20)4/h5-8,14-15H,9-13H2,1-4H3,(H,22,25)/t14-,15+. The first-order valence-electron chi connectivity index (χ1n) is 9.55. The Morgan fingerprint density at radius 3 is 2.48 bits per heavy atom. The van der Waals surface area contributed by atoms with Crippen molar-refractivity contribution in [1.82, 2.24) is 15.4 Å². The van der Waals surface area contributed by atoms with Crippen LogP contribution in [-0.4, -0.2) is 41.3 Å². The number of carbonyl (C=O) groups is 1. The Kier molecular flexibility index (Phi) is 6.29. The van der Waals surface area contributed by atoms with Crippen LogP contribution in [0, 0.1) is 13.8 Å². The fourth-order valence-electron chi connectivity index (χ4n) is 3.71. The van der Waals surface area contributed by atoms with Crippen molar-refractivity contribution < 1.29 is 14.1 Å². The number of hydrogen-bond acceptors (Lipinski definition) is 5. The molecule has 6 nitrogen and oxygen atoms in total. The Hall–Kier alpha value is -2.18. The molecule has 3 rings (SSSR count). The molecule has 1 amide bonds. The van der Waals surface area contributed by atoms with E-state index in [9.17, 15) is 4.79 Å². The van der Waals surface area contributed by atoms with Gasteiger partial charge < -0.3 is 14.6 Å². The minimum Gasteiger partial charge on any atom is -0.373 e. The summed E-state index contributed by atoms with van der Waals surface area (Å²) in [5.41, 5.74) is 4.04. The zero-order chi connectivity index (χ0) is 19.4. The minimum absolute atomic E-state index is 0.0205. The number of carbonyl (C=O) groups excluding carboxylic acids is 1. The first-order chi connectivity index (χ1) is 12.9. The number of hydrogen-bond donors (Lipinski definition) is 1. The molecule has 1 aromatic heterocycles. The van der Waals surface area contributed by atoms with Gasteiger partial charge in [-0.2, -0.15) is 0 Å². The molecule has 2 heterocycles. The Bertz CT molecular complexity index is 757. The van der Waals surface area contributed by atoms with Crippen molar-refractivity contribution in [1.29, 1.82) is 0 Å². The number of ether oxygens (including phenoxy) is 1. The maximum absolute atomic E-state index is 12.4. The summed E-state index contributed by atoms with van der Waals surface area (Å²) in [7, 11) is 0. The first-order valence-corrected chi connectivity index (χ1v) is 9.55. The predicted octanol–water partition coefficient (Wildman–Crippen LogP) is 2.76. The van der Waals surface area contributed by atoms with Gasteiger partial charge in [-0.15, -0.1) is 0 Å². The Morgan fingerprint density at radius 1 is 1.19 bits per heavy atom. The highest BCUT2D eigenvalue weighted by molar-refractivity contribution is 5.79. The van der Waals surface area contributed by atoms with Gasteiger partial charge in [0.25, 0.3) is 0 Å². The molecule has 1 aliphatic heterocycles. The number of morpholine rings is 1. The number of amides is 1. The molecule has 0 aliphatic carbocycles. The number of nitrogens with zero attached hydrogens (tertiary/aromatic N) is 2. The summed E-state index contributed by atoms with van der Waals surface area (Å²) in [5, 5.41) is 6.94. The van der Waals surface area contributed by atoms with Gasteiger partial charge in [-0.05, 0) is 38.8 Å². The molecule has 0 unspecified atom stereocenters. The lowest BCUT2D eigenvalue weighted by molar-refractivity contribution is -0.120. The lowest BCUT2D eigenvalue weighted by atomic mass is 10.1. The monoisotopic (exact) mass is 371 g/mol. The average molecular weight is 371 g/mol. The summed E-state index contributed by atoms with van der Waals surface area (Å²) >= 11 is 0. The molecule has 2 aromatic rings. The first kappa shape index (κ1) is 19.6. The van der Waals surface area contributed by atoms with E-state index >= 15 is 0 Å². The van der Waals surface area contributed by atoms with Gasteiger partial charge in [-0.25, -0.2) is 0 Å². The van der Waals surface area contributed by atoms with Gasteiger partial charge in [-0.1, -0.05) is 29.4 Å². The molecule has 1 fully saturated rings. The van der Waals surface area contributed by atoms with Gasteiger partial charge in [0.15, 0.2) is 0 Å². The van der Waals surface area contributed by atoms with Crippen LogP contribution in [0.4, 0.5) is 0 Å². The van der Waals surface area contributed by atoms with Crippen LogP contribution >= 0.6 is 0 Å². The van der Waals surface area contributed by atoms with Crippen LogP contribution in [0.2, 0.25) is 0 Å². The highest BCUT2D eigenvalue weighted by Crippen LogP contribution is 2.17. The molecule has 2 atom stereocenters. The van der Waals surface area contributed by atoms with Crippen LogP contribution < -0.4 is 5.32 Å². The second-order valence-electron chi connectivity index (χ2n) is 7.48. The average Bonchev–Trinajstić information content (AvgIpc) is 2.92. The van der Waals surface area contributed by atoms with E-state index in [0.717, 1.165) is 36.5 Å². The van der Waals surface area contributed by atoms with E-state index < -0.39 is 0 Å². The number of benzene rings is 1. The summed E-state index contributed by atoms with van der Waals surface area (Å²) in [4.78, 5) is 14.8. The van der Waals surface area contributed by atoms with Crippen molar-refractivity contribution in [2.75, 3.05) is 13.1 Å². The van der Waals surface area contributed by atoms with Crippen molar-refractivity contribution in [2.24, 2.45) is 0 Å². The van der Waals surface area contributed by atoms with Crippen LogP contribution in [0.1, 0.15) is 42.0 Å². The van der Waals surface area contributed by atoms with Gasteiger partial charge in [0.1, 0.15) is 5.76 Å². The molecule has 1 saturated heterocycles. The summed E-state index contributed by atoms with van der Waals surface area (Å²) in [6.07, 6.45) is 0.785. The fraction of sp³-hybridized carbons (Fsp3) is 0.524. The van der Waals surface area contributed by atoms with Crippen LogP contribution in [0.25, 0.3) is 0 Å². The van der Waals surface area contributed by atoms with Crippen LogP contribution in [0.15, 0.2) is 28.8 Å². The molecule has 0 bridgehead atoms. The summed E-state index contributed by atoms with van der Waals surface area (Å²) in [6, 6.07) is 8.29. The molecular formula is C21H29N3O3. The predicted molar refractivity (Wildman–Crippen MR) is 103 cm³/mol. The highest BCUT2D eigenvalue weighted by atomic mass is 16.5. The zero-order valence-corrected chi connectivity index (χ0v) is 16.6. The van der Waals surface area contributed by atoms with Gasteiger partial charge in [0.05, 0.1) is 24.3 Å². The largest absolute Gasteiger partial charge is 0.373 e. The van der Waals surface area contributed by atoms with E-state index in [1.165, 1.54) is 5.56 Å². The third kappa shape index (κ3) is 5.17. The van der Waals surface area contributed by atoms with Crippen molar-refractivity contribution in [3.63, 3.8) is 0 Å². The van der Waals surface area contributed by atoms with Crippen LogP contribution in [0.3, 0.4) is 0 Å². The van der Waals surface area contributed by atoms with Gasteiger partial charge in [-0.3, -0.25) is 9.69 Å². The molecule has 6 heteroatoms. The Labute approximate surface area is 160 Å². The normalized spacial score (nSPS) is 20.6. The molecule has 27 heavy (non-hydrogen) atoms. The van der Waals surface area contributed by atoms with E-state index in [-0.39, 0.29) is 18.1 Å². The van der Waals surface area contributed by atoms with E-state index in [0.29, 0.717) is 18.7 Å². The molecule has 0 spiro atoms. The topological polar surface area (TPSA) is 67.6 Å². The van der Waals surface area contributed by atoms with Crippen LogP contribution in [-0.2, 0) is 29.0 Å². The number of aromatic nitrogens is 1. The molecule has 1 aliphatic rings.